The van der Waals surface area contributed by atoms with Crippen LogP contribution >= 0.6 is 11.6 Å². The molecule has 174 valence electrons. The van der Waals surface area contributed by atoms with Crippen molar-refractivity contribution in [1.82, 2.24) is 4.31 Å². The molecule has 1 heterocycles. The van der Waals surface area contributed by atoms with E-state index in [2.05, 4.69) is 12.2 Å². The SMILES string of the molecule is CCCCOc1ccc(OC)cc1NC(=O)C1CCN(S(=O)(=O)c2ccc(Cl)cc2)CC1. The zero-order valence-electron chi connectivity index (χ0n) is 18.3. The lowest BCUT2D eigenvalue weighted by molar-refractivity contribution is -0.120. The summed E-state index contributed by atoms with van der Waals surface area (Å²) in [6.07, 6.45) is 2.80. The molecule has 2 aromatic carbocycles. The van der Waals surface area contributed by atoms with Crippen LogP contribution in [0.1, 0.15) is 32.6 Å². The smallest absolute Gasteiger partial charge is 0.243 e. The molecule has 0 saturated carbocycles. The third kappa shape index (κ3) is 5.94. The Bertz CT molecular complexity index is 1020. The third-order valence-corrected chi connectivity index (χ3v) is 7.64. The number of carbonyl (C=O) groups excluding carboxylic acids is 1. The van der Waals surface area contributed by atoms with Gasteiger partial charge in [-0.15, -0.1) is 0 Å². The van der Waals surface area contributed by atoms with Gasteiger partial charge in [-0.2, -0.15) is 4.31 Å². The van der Waals surface area contributed by atoms with Crippen molar-refractivity contribution < 1.29 is 22.7 Å². The Morgan fingerprint density at radius 2 is 1.84 bits per heavy atom. The molecule has 32 heavy (non-hydrogen) atoms. The molecule has 1 amide bonds. The van der Waals surface area contributed by atoms with E-state index in [0.29, 0.717) is 41.7 Å². The van der Waals surface area contributed by atoms with Crippen LogP contribution in [0.3, 0.4) is 0 Å². The zero-order chi connectivity index (χ0) is 23.1. The van der Waals surface area contributed by atoms with E-state index in [9.17, 15) is 13.2 Å². The Morgan fingerprint density at radius 1 is 1.16 bits per heavy atom. The second-order valence-corrected chi connectivity index (χ2v) is 10.1. The van der Waals surface area contributed by atoms with E-state index in [-0.39, 0.29) is 29.8 Å². The van der Waals surface area contributed by atoms with Gasteiger partial charge in [0.15, 0.2) is 0 Å². The van der Waals surface area contributed by atoms with E-state index >= 15 is 0 Å². The number of amides is 1. The Morgan fingerprint density at radius 3 is 2.47 bits per heavy atom. The molecule has 1 fully saturated rings. The highest BCUT2D eigenvalue weighted by atomic mass is 35.5. The summed E-state index contributed by atoms with van der Waals surface area (Å²) in [6, 6.07) is 11.4. The molecular formula is C23H29ClN2O5S. The normalized spacial score (nSPS) is 15.3. The fraction of sp³-hybridized carbons (Fsp3) is 0.435. The van der Waals surface area contributed by atoms with Crippen molar-refractivity contribution in [2.24, 2.45) is 5.92 Å². The van der Waals surface area contributed by atoms with Gasteiger partial charge in [0.25, 0.3) is 0 Å². The molecule has 0 atom stereocenters. The van der Waals surface area contributed by atoms with Crippen molar-refractivity contribution in [2.45, 2.75) is 37.5 Å². The van der Waals surface area contributed by atoms with Crippen LogP contribution < -0.4 is 14.8 Å². The highest BCUT2D eigenvalue weighted by molar-refractivity contribution is 7.89. The molecule has 0 aromatic heterocycles. The summed E-state index contributed by atoms with van der Waals surface area (Å²) in [4.78, 5) is 13.1. The maximum Gasteiger partial charge on any atom is 0.243 e. The van der Waals surface area contributed by atoms with E-state index in [0.717, 1.165) is 12.8 Å². The highest BCUT2D eigenvalue weighted by Gasteiger charge is 2.32. The quantitative estimate of drug-likeness (QED) is 0.531. The minimum atomic E-state index is -3.61. The van der Waals surface area contributed by atoms with Crippen molar-refractivity contribution in [1.29, 1.82) is 0 Å². The number of nitrogens with one attached hydrogen (secondary N) is 1. The molecule has 7 nitrogen and oxygen atoms in total. The number of anilines is 1. The van der Waals surface area contributed by atoms with Crippen LogP contribution in [0.5, 0.6) is 11.5 Å². The standard InChI is InChI=1S/C23H29ClN2O5S/c1-3-4-15-31-22-10-7-19(30-2)16-21(22)25-23(27)17-11-13-26(14-12-17)32(28,29)20-8-5-18(24)6-9-20/h5-10,16-17H,3-4,11-15H2,1-2H3,(H,25,27). The first kappa shape index (κ1) is 24.4. The largest absolute Gasteiger partial charge is 0.497 e. The highest BCUT2D eigenvalue weighted by Crippen LogP contribution is 2.31. The molecule has 3 rings (SSSR count). The molecule has 9 heteroatoms. The van der Waals surface area contributed by atoms with Gasteiger partial charge in [0.1, 0.15) is 11.5 Å². The first-order chi connectivity index (χ1) is 15.3. The van der Waals surface area contributed by atoms with Crippen LogP contribution in [0.4, 0.5) is 5.69 Å². The van der Waals surface area contributed by atoms with Crippen LogP contribution in [-0.4, -0.2) is 45.4 Å². The topological polar surface area (TPSA) is 84.9 Å². The van der Waals surface area contributed by atoms with Crippen LogP contribution in [0.15, 0.2) is 47.4 Å². The maximum atomic E-state index is 12.9. The lowest BCUT2D eigenvalue weighted by atomic mass is 9.97. The molecule has 1 saturated heterocycles. The molecule has 2 aromatic rings. The fourth-order valence-corrected chi connectivity index (χ4v) is 5.13. The van der Waals surface area contributed by atoms with Crippen molar-refractivity contribution >= 4 is 33.2 Å². The van der Waals surface area contributed by atoms with Gasteiger partial charge in [-0.05, 0) is 55.7 Å². The van der Waals surface area contributed by atoms with E-state index in [1.54, 1.807) is 37.4 Å². The summed E-state index contributed by atoms with van der Waals surface area (Å²) in [5.41, 5.74) is 0.557. The number of nitrogens with zero attached hydrogens (tertiary/aromatic N) is 1. The van der Waals surface area contributed by atoms with Crippen molar-refractivity contribution in [3.8, 4) is 11.5 Å². The Labute approximate surface area is 194 Å². The number of hydrogen-bond acceptors (Lipinski definition) is 5. The Hall–Kier alpha value is -2.29. The number of hydrogen-bond donors (Lipinski definition) is 1. The maximum absolute atomic E-state index is 12.9. The van der Waals surface area contributed by atoms with E-state index < -0.39 is 10.0 Å². The summed E-state index contributed by atoms with van der Waals surface area (Å²) >= 11 is 5.86. The van der Waals surface area contributed by atoms with Gasteiger partial charge in [-0.25, -0.2) is 8.42 Å². The summed E-state index contributed by atoms with van der Waals surface area (Å²) < 4.78 is 38.2. The fourth-order valence-electron chi connectivity index (χ4n) is 3.53. The van der Waals surface area contributed by atoms with Crippen LogP contribution in [-0.2, 0) is 14.8 Å². The van der Waals surface area contributed by atoms with Crippen molar-refractivity contribution in [3.05, 3.63) is 47.5 Å². The predicted octanol–water partition coefficient (Wildman–Crippen LogP) is 4.57. The first-order valence-electron chi connectivity index (χ1n) is 10.7. The van der Waals surface area contributed by atoms with Gasteiger partial charge in [-0.3, -0.25) is 4.79 Å². The zero-order valence-corrected chi connectivity index (χ0v) is 19.9. The lowest BCUT2D eigenvalue weighted by Gasteiger charge is -2.30. The number of sulfonamides is 1. The number of methoxy groups -OCH3 is 1. The van der Waals surface area contributed by atoms with Crippen molar-refractivity contribution in [3.63, 3.8) is 0 Å². The van der Waals surface area contributed by atoms with Gasteiger partial charge in [0.05, 0.1) is 24.3 Å². The molecule has 0 spiro atoms. The number of halogens is 1. The molecule has 1 aliphatic rings. The molecule has 1 aliphatic heterocycles. The van der Waals surface area contributed by atoms with Gasteiger partial charge in [0.2, 0.25) is 15.9 Å². The third-order valence-electron chi connectivity index (χ3n) is 5.48. The van der Waals surface area contributed by atoms with E-state index in [4.69, 9.17) is 21.1 Å². The minimum Gasteiger partial charge on any atom is -0.497 e. The molecule has 0 aliphatic carbocycles. The molecule has 0 bridgehead atoms. The van der Waals surface area contributed by atoms with E-state index in [1.165, 1.54) is 16.4 Å². The second-order valence-electron chi connectivity index (χ2n) is 7.69. The number of piperidine rings is 1. The number of rotatable bonds is 9. The van der Waals surface area contributed by atoms with Gasteiger partial charge in [0, 0.05) is 30.1 Å². The Kier molecular flexibility index (Phi) is 8.39. The monoisotopic (exact) mass is 480 g/mol. The van der Waals surface area contributed by atoms with Crippen molar-refractivity contribution in [2.75, 3.05) is 32.1 Å². The van der Waals surface area contributed by atoms with Crippen LogP contribution in [0, 0.1) is 5.92 Å². The number of carbonyl (C=O) groups is 1. The predicted molar refractivity (Wildman–Crippen MR) is 125 cm³/mol. The number of benzene rings is 2. The molecular weight excluding hydrogens is 452 g/mol. The average Bonchev–Trinajstić information content (AvgIpc) is 2.80. The molecule has 0 radical (unpaired) electrons. The summed E-state index contributed by atoms with van der Waals surface area (Å²) in [5.74, 6) is 0.769. The molecule has 1 N–H and O–H groups in total. The van der Waals surface area contributed by atoms with Crippen LogP contribution in [0.25, 0.3) is 0 Å². The lowest BCUT2D eigenvalue weighted by Crippen LogP contribution is -2.41. The summed E-state index contributed by atoms with van der Waals surface area (Å²) in [7, 11) is -2.04. The van der Waals surface area contributed by atoms with Gasteiger partial charge < -0.3 is 14.8 Å². The molecule has 0 unspecified atom stereocenters. The van der Waals surface area contributed by atoms with E-state index in [1.807, 2.05) is 0 Å². The van der Waals surface area contributed by atoms with Gasteiger partial charge >= 0.3 is 0 Å². The number of ether oxygens (including phenoxy) is 2. The summed E-state index contributed by atoms with van der Waals surface area (Å²) in [6.45, 7) is 3.20. The average molecular weight is 481 g/mol. The Balaban J connectivity index is 1.64. The first-order valence-corrected chi connectivity index (χ1v) is 12.5. The van der Waals surface area contributed by atoms with Crippen LogP contribution in [0.2, 0.25) is 5.02 Å². The second kappa shape index (κ2) is 11.0. The summed E-state index contributed by atoms with van der Waals surface area (Å²) in [5, 5.41) is 3.43. The minimum absolute atomic E-state index is 0.151. The number of unbranched alkanes of at least 4 members (excludes halogenated alkanes) is 1. The van der Waals surface area contributed by atoms with Gasteiger partial charge in [-0.1, -0.05) is 24.9 Å².